The van der Waals surface area contributed by atoms with Crippen molar-refractivity contribution in [3.05, 3.63) is 12.2 Å². The Kier molecular flexibility index (Phi) is 13.7. The average Bonchev–Trinajstić information content (AvgIpc) is 1.93. The summed E-state index contributed by atoms with van der Waals surface area (Å²) in [6.45, 7) is 7.84. The summed E-state index contributed by atoms with van der Waals surface area (Å²) >= 11 is 3.69. The maximum Gasteiger partial charge on any atom is 0.0449 e. The molecule has 0 bridgehead atoms. The molecule has 0 aromatic carbocycles. The predicted octanol–water partition coefficient (Wildman–Crippen LogP) is 2.89. The minimum Gasteiger partial charge on any atom is -0.225 e. The third kappa shape index (κ3) is 11.4. The molecule has 0 aliphatic heterocycles. The zero-order valence-electron chi connectivity index (χ0n) is 6.55. The molecule has 0 aliphatic rings. The molecule has 0 aromatic heterocycles. The normalized spacial score (nSPS) is 11.0. The van der Waals surface area contributed by atoms with E-state index in [1.165, 1.54) is 0 Å². The van der Waals surface area contributed by atoms with Gasteiger partial charge in [0.05, 0.1) is 0 Å². The summed E-state index contributed by atoms with van der Waals surface area (Å²) in [6, 6.07) is 0. The van der Waals surface area contributed by atoms with Crippen LogP contribution in [0.3, 0.4) is 0 Å². The van der Waals surface area contributed by atoms with E-state index >= 15 is 0 Å². The molecule has 0 fully saturated rings. The molecule has 0 saturated heterocycles. The van der Waals surface area contributed by atoms with Gasteiger partial charge in [0, 0.05) is 5.71 Å². The molecule has 0 heterocycles. The summed E-state index contributed by atoms with van der Waals surface area (Å²) in [5, 5.41) is 0. The van der Waals surface area contributed by atoms with Crippen LogP contribution in [-0.2, 0) is 0 Å². The van der Waals surface area contributed by atoms with Gasteiger partial charge in [-0.3, -0.25) is 0 Å². The van der Waals surface area contributed by atoms with E-state index < -0.39 is 0 Å². The maximum absolute atomic E-state index is 3.69. The van der Waals surface area contributed by atoms with Crippen molar-refractivity contribution >= 4 is 18.5 Å². The van der Waals surface area contributed by atoms with E-state index in [-0.39, 0.29) is 0 Å². The molecule has 0 amide bonds. The van der Waals surface area contributed by atoms with E-state index in [9.17, 15) is 0 Å². The first-order chi connectivity index (χ1) is 4.31. The monoisotopic (exact) mass is 145 g/mol. The number of hydrogen-bond donors (Lipinski definition) is 1. The summed E-state index contributed by atoms with van der Waals surface area (Å²) in [5.41, 5.74) is 0.936. The van der Waals surface area contributed by atoms with Gasteiger partial charge in [-0.25, -0.2) is 4.40 Å². The summed E-state index contributed by atoms with van der Waals surface area (Å²) in [7, 11) is 0. The van der Waals surface area contributed by atoms with E-state index in [0.29, 0.717) is 0 Å². The number of allylic oxidation sites excluding steroid dienone is 2. The first-order valence-corrected chi connectivity index (χ1v) is 3.52. The van der Waals surface area contributed by atoms with Gasteiger partial charge in [-0.05, 0) is 32.7 Å². The average molecular weight is 145 g/mol. The van der Waals surface area contributed by atoms with Crippen LogP contribution < -0.4 is 0 Å². The highest BCUT2D eigenvalue weighted by Gasteiger charge is 1.72. The largest absolute Gasteiger partial charge is 0.225 e. The van der Waals surface area contributed by atoms with Crippen LogP contribution in [0.1, 0.15) is 27.7 Å². The highest BCUT2D eigenvalue weighted by molar-refractivity contribution is 7.79. The van der Waals surface area contributed by atoms with Crippen LogP contribution in [0, 0.1) is 0 Å². The van der Waals surface area contributed by atoms with E-state index in [2.05, 4.69) is 17.2 Å². The van der Waals surface area contributed by atoms with Crippen molar-refractivity contribution in [3.63, 3.8) is 0 Å². The number of thiol groups is 1. The molecule has 0 radical (unpaired) electrons. The molecule has 54 valence electrons. The van der Waals surface area contributed by atoms with Crippen LogP contribution in [0.2, 0.25) is 0 Å². The van der Waals surface area contributed by atoms with Gasteiger partial charge in [0.15, 0.2) is 0 Å². The third-order valence-corrected chi connectivity index (χ3v) is 0.881. The van der Waals surface area contributed by atoms with E-state index in [1.54, 1.807) is 0 Å². The molecule has 0 aromatic rings. The molecule has 2 heteroatoms. The smallest absolute Gasteiger partial charge is 0.0449 e. The summed E-state index contributed by atoms with van der Waals surface area (Å²) < 4.78 is 3.60. The Labute approximate surface area is 63.4 Å². The van der Waals surface area contributed by atoms with Crippen molar-refractivity contribution < 1.29 is 0 Å². The van der Waals surface area contributed by atoms with Gasteiger partial charge in [-0.15, -0.1) is 0 Å². The van der Waals surface area contributed by atoms with E-state index in [0.717, 1.165) is 5.71 Å². The molecule has 0 spiro atoms. The molecule has 0 saturated carbocycles. The van der Waals surface area contributed by atoms with Crippen LogP contribution >= 0.6 is 12.8 Å². The Balaban J connectivity index is 0. The third-order valence-electron chi connectivity index (χ3n) is 0.566. The first kappa shape index (κ1) is 11.5. The second kappa shape index (κ2) is 10.7. The molecular formula is C7H15NS. The molecule has 0 unspecified atom stereocenters. The lowest BCUT2D eigenvalue weighted by molar-refractivity contribution is 1.50. The highest BCUT2D eigenvalue weighted by Crippen LogP contribution is 1.82. The van der Waals surface area contributed by atoms with Crippen LogP contribution in [0.15, 0.2) is 16.5 Å². The Hall–Kier alpha value is -0.240. The van der Waals surface area contributed by atoms with Gasteiger partial charge in [0.25, 0.3) is 0 Å². The second-order valence-electron chi connectivity index (χ2n) is 1.24. The molecule has 0 atom stereocenters. The van der Waals surface area contributed by atoms with Crippen molar-refractivity contribution in [2.75, 3.05) is 0 Å². The van der Waals surface area contributed by atoms with Gasteiger partial charge in [-0.2, -0.15) is 0 Å². The second-order valence-corrected chi connectivity index (χ2v) is 1.44. The molecule has 0 aliphatic carbocycles. The van der Waals surface area contributed by atoms with Gasteiger partial charge in [-0.1, -0.05) is 19.9 Å². The van der Waals surface area contributed by atoms with Crippen molar-refractivity contribution in [1.29, 1.82) is 0 Å². The summed E-state index contributed by atoms with van der Waals surface area (Å²) in [6.07, 6.45) is 3.82. The fourth-order valence-electron chi connectivity index (χ4n) is 0.275. The van der Waals surface area contributed by atoms with E-state index in [4.69, 9.17) is 0 Å². The van der Waals surface area contributed by atoms with Crippen molar-refractivity contribution in [3.8, 4) is 0 Å². The van der Waals surface area contributed by atoms with Gasteiger partial charge < -0.3 is 0 Å². The minimum absolute atomic E-state index is 0.936. The fourth-order valence-corrected chi connectivity index (χ4v) is 0.341. The van der Waals surface area contributed by atoms with Gasteiger partial charge in [0.1, 0.15) is 0 Å². The predicted molar refractivity (Wildman–Crippen MR) is 48.3 cm³/mol. The van der Waals surface area contributed by atoms with Crippen LogP contribution in [0.25, 0.3) is 0 Å². The molecule has 9 heavy (non-hydrogen) atoms. The molecule has 0 rings (SSSR count). The lowest BCUT2D eigenvalue weighted by Crippen LogP contribution is -1.77. The zero-order chi connectivity index (χ0) is 7.70. The topological polar surface area (TPSA) is 12.4 Å². The number of rotatable bonds is 1. The Bertz CT molecular complexity index is 95.1. The van der Waals surface area contributed by atoms with Crippen LogP contribution in [0.5, 0.6) is 0 Å². The number of nitrogens with zero attached hydrogens (tertiary/aromatic N) is 1. The summed E-state index contributed by atoms with van der Waals surface area (Å²) in [5.74, 6) is 0. The molecule has 0 N–H and O–H groups in total. The fraction of sp³-hybridized carbons (Fsp3) is 0.571. The Morgan fingerprint density at radius 2 is 1.89 bits per heavy atom. The molecular weight excluding hydrogens is 130 g/mol. The standard InChI is InChI=1S/C5H9NS.C2H6/c1-3-4-5(2)6-7;1-2/h3-4,7H,1-2H3;1-2H3/b4-3-,6-5-;. The highest BCUT2D eigenvalue weighted by atomic mass is 32.1. The van der Waals surface area contributed by atoms with Crippen molar-refractivity contribution in [2.24, 2.45) is 4.40 Å². The minimum atomic E-state index is 0.936. The van der Waals surface area contributed by atoms with Crippen LogP contribution in [-0.4, -0.2) is 5.71 Å². The zero-order valence-corrected chi connectivity index (χ0v) is 7.44. The Morgan fingerprint density at radius 1 is 1.44 bits per heavy atom. The first-order valence-electron chi connectivity index (χ1n) is 3.12. The van der Waals surface area contributed by atoms with Crippen LogP contribution in [0.4, 0.5) is 0 Å². The van der Waals surface area contributed by atoms with Gasteiger partial charge in [0.2, 0.25) is 0 Å². The van der Waals surface area contributed by atoms with Gasteiger partial charge >= 0.3 is 0 Å². The molecule has 1 nitrogen and oxygen atoms in total. The van der Waals surface area contributed by atoms with Crippen molar-refractivity contribution in [1.82, 2.24) is 0 Å². The maximum atomic E-state index is 3.69. The lowest BCUT2D eigenvalue weighted by Gasteiger charge is -1.79. The number of hydrogen-bond acceptors (Lipinski definition) is 2. The van der Waals surface area contributed by atoms with E-state index in [1.807, 2.05) is 39.8 Å². The SMILES string of the molecule is C/C=C\C(C)=N/S.CC. The van der Waals surface area contributed by atoms with Crippen molar-refractivity contribution in [2.45, 2.75) is 27.7 Å². The summed E-state index contributed by atoms with van der Waals surface area (Å²) in [4.78, 5) is 0. The quantitative estimate of drug-likeness (QED) is 0.430. The Morgan fingerprint density at radius 3 is 2.00 bits per heavy atom. The lowest BCUT2D eigenvalue weighted by atomic mass is 10.4.